The number of rotatable bonds is 1. The second-order valence-electron chi connectivity index (χ2n) is 5.93. The molecule has 2 fully saturated rings. The van der Waals surface area contributed by atoms with Gasteiger partial charge in [-0.3, -0.25) is 0 Å². The van der Waals surface area contributed by atoms with Crippen molar-refractivity contribution in [2.75, 3.05) is 37.8 Å². The molecule has 1 spiro atoms. The summed E-state index contributed by atoms with van der Waals surface area (Å²) in [6.07, 6.45) is -3.51. The molecule has 0 saturated carbocycles. The van der Waals surface area contributed by atoms with Crippen LogP contribution in [-0.4, -0.2) is 43.5 Å². The first-order valence-electron chi connectivity index (χ1n) is 7.40. The summed E-state index contributed by atoms with van der Waals surface area (Å²) in [5, 5.41) is 0.744. The minimum atomic E-state index is -4.35. The van der Waals surface area contributed by atoms with Gasteiger partial charge in [0.15, 0.2) is 5.13 Å². The van der Waals surface area contributed by atoms with Crippen molar-refractivity contribution >= 4 is 26.7 Å². The van der Waals surface area contributed by atoms with Crippen molar-refractivity contribution in [3.63, 3.8) is 0 Å². The zero-order valence-corrected chi connectivity index (χ0v) is 13.0. The van der Waals surface area contributed by atoms with Gasteiger partial charge in [0, 0.05) is 19.6 Å². The van der Waals surface area contributed by atoms with Gasteiger partial charge in [0.1, 0.15) is 5.60 Å². The molecule has 1 unspecified atom stereocenters. The highest BCUT2D eigenvalue weighted by Crippen LogP contribution is 2.37. The molecule has 124 valence electrons. The third-order valence-corrected chi connectivity index (χ3v) is 5.39. The number of ether oxygens (including phenoxy) is 2. The predicted octanol–water partition coefficient (Wildman–Crippen LogP) is 3.31. The Bertz CT molecular complexity index is 725. The topological polar surface area (TPSA) is 34.6 Å². The van der Waals surface area contributed by atoms with Gasteiger partial charge in [-0.2, -0.15) is 13.2 Å². The van der Waals surface area contributed by atoms with Crippen molar-refractivity contribution in [1.29, 1.82) is 0 Å². The summed E-state index contributed by atoms with van der Waals surface area (Å²) in [7, 11) is 0. The molecule has 2 saturated heterocycles. The lowest BCUT2D eigenvalue weighted by molar-refractivity contribution is -0.137. The minimum absolute atomic E-state index is 0.298. The van der Waals surface area contributed by atoms with Crippen LogP contribution >= 0.6 is 11.3 Å². The van der Waals surface area contributed by atoms with Gasteiger partial charge < -0.3 is 14.4 Å². The van der Waals surface area contributed by atoms with Gasteiger partial charge in [-0.25, -0.2) is 4.98 Å². The van der Waals surface area contributed by atoms with E-state index in [1.807, 2.05) is 0 Å². The molecular formula is C15H15F3N2O2S. The van der Waals surface area contributed by atoms with Crippen LogP contribution in [0.25, 0.3) is 10.2 Å². The van der Waals surface area contributed by atoms with Gasteiger partial charge in [0.25, 0.3) is 0 Å². The summed E-state index contributed by atoms with van der Waals surface area (Å²) >= 11 is 1.42. The van der Waals surface area contributed by atoms with Crippen LogP contribution in [0.1, 0.15) is 12.0 Å². The number of anilines is 1. The quantitative estimate of drug-likeness (QED) is 0.795. The Balaban J connectivity index is 1.63. The molecule has 3 heterocycles. The lowest BCUT2D eigenvalue weighted by atomic mass is 10.0. The number of thiazole rings is 1. The normalized spacial score (nSPS) is 25.6. The van der Waals surface area contributed by atoms with Gasteiger partial charge in [0.05, 0.1) is 35.5 Å². The maximum Gasteiger partial charge on any atom is 0.416 e. The fraction of sp³-hybridized carbons (Fsp3) is 0.533. The number of morpholine rings is 1. The molecule has 2 aliphatic heterocycles. The van der Waals surface area contributed by atoms with Crippen LogP contribution in [0.5, 0.6) is 0 Å². The van der Waals surface area contributed by atoms with Crippen LogP contribution in [-0.2, 0) is 15.7 Å². The van der Waals surface area contributed by atoms with Crippen LogP contribution in [0.2, 0.25) is 0 Å². The molecule has 0 radical (unpaired) electrons. The average Bonchev–Trinajstić information content (AvgIpc) is 3.12. The number of hydrogen-bond acceptors (Lipinski definition) is 5. The summed E-state index contributed by atoms with van der Waals surface area (Å²) in [6.45, 7) is 3.18. The number of aromatic nitrogens is 1. The highest BCUT2D eigenvalue weighted by Gasteiger charge is 2.41. The van der Waals surface area contributed by atoms with Crippen LogP contribution < -0.4 is 4.90 Å². The second kappa shape index (κ2) is 5.32. The molecule has 2 aliphatic rings. The van der Waals surface area contributed by atoms with Gasteiger partial charge in [-0.15, -0.1) is 0 Å². The number of alkyl halides is 3. The Hall–Kier alpha value is -1.38. The molecule has 4 rings (SSSR count). The number of hydrogen-bond donors (Lipinski definition) is 0. The smallest absolute Gasteiger partial charge is 0.378 e. The van der Waals surface area contributed by atoms with Crippen molar-refractivity contribution in [2.24, 2.45) is 0 Å². The highest BCUT2D eigenvalue weighted by molar-refractivity contribution is 7.22. The van der Waals surface area contributed by atoms with Gasteiger partial charge in [0.2, 0.25) is 0 Å². The number of nitrogens with zero attached hydrogens (tertiary/aromatic N) is 2. The summed E-state index contributed by atoms with van der Waals surface area (Å²) in [6, 6.07) is 3.72. The van der Waals surface area contributed by atoms with E-state index in [4.69, 9.17) is 9.47 Å². The van der Waals surface area contributed by atoms with Crippen LogP contribution in [0.15, 0.2) is 18.2 Å². The molecular weight excluding hydrogens is 329 g/mol. The van der Waals surface area contributed by atoms with Crippen molar-refractivity contribution in [1.82, 2.24) is 4.98 Å². The van der Waals surface area contributed by atoms with Gasteiger partial charge in [-0.1, -0.05) is 11.3 Å². The van der Waals surface area contributed by atoms with Crippen LogP contribution in [0.3, 0.4) is 0 Å². The third-order valence-electron chi connectivity index (χ3n) is 4.29. The molecule has 0 amide bonds. The van der Waals surface area contributed by atoms with Crippen molar-refractivity contribution in [2.45, 2.75) is 18.2 Å². The molecule has 1 atom stereocenters. The molecule has 1 aromatic carbocycles. The predicted molar refractivity (Wildman–Crippen MR) is 81.0 cm³/mol. The number of halogens is 3. The van der Waals surface area contributed by atoms with E-state index in [-0.39, 0.29) is 5.60 Å². The summed E-state index contributed by atoms with van der Waals surface area (Å²) in [4.78, 5) is 6.51. The monoisotopic (exact) mass is 344 g/mol. The van der Waals surface area contributed by atoms with Crippen molar-refractivity contribution in [3.8, 4) is 0 Å². The first-order valence-corrected chi connectivity index (χ1v) is 8.21. The Kier molecular flexibility index (Phi) is 3.51. The first-order chi connectivity index (χ1) is 11.0. The maximum atomic E-state index is 12.8. The molecule has 23 heavy (non-hydrogen) atoms. The maximum absolute atomic E-state index is 12.8. The molecule has 1 aromatic heterocycles. The van der Waals surface area contributed by atoms with E-state index in [9.17, 15) is 13.2 Å². The molecule has 0 aliphatic carbocycles. The van der Waals surface area contributed by atoms with Crippen molar-refractivity contribution < 1.29 is 22.6 Å². The lowest BCUT2D eigenvalue weighted by Crippen LogP contribution is -2.52. The third kappa shape index (κ3) is 2.79. The molecule has 4 nitrogen and oxygen atoms in total. The van der Waals surface area contributed by atoms with Gasteiger partial charge >= 0.3 is 6.18 Å². The van der Waals surface area contributed by atoms with E-state index in [1.54, 1.807) is 0 Å². The second-order valence-corrected chi connectivity index (χ2v) is 6.94. The molecule has 2 aromatic rings. The van der Waals surface area contributed by atoms with E-state index in [2.05, 4.69) is 9.88 Å². The largest absolute Gasteiger partial charge is 0.416 e. The van der Waals surface area contributed by atoms with Crippen LogP contribution in [0, 0.1) is 0 Å². The van der Waals surface area contributed by atoms with E-state index in [1.165, 1.54) is 17.4 Å². The molecule has 0 N–H and O–H groups in total. The fourth-order valence-electron chi connectivity index (χ4n) is 3.06. The lowest BCUT2D eigenvalue weighted by Gasteiger charge is -2.39. The zero-order chi connectivity index (χ0) is 16.1. The number of fused-ring (bicyclic) bond motifs is 1. The standard InChI is InChI=1S/C15H15F3N2O2S/c16-15(17,18)10-1-2-12-11(7-10)19-13(23-12)20-4-6-22-14(8-20)3-5-21-9-14/h1-2,7H,3-6,8-9H2. The van der Waals surface area contributed by atoms with E-state index >= 15 is 0 Å². The number of benzene rings is 1. The van der Waals surface area contributed by atoms with E-state index < -0.39 is 11.7 Å². The fourth-order valence-corrected chi connectivity index (χ4v) is 4.03. The van der Waals surface area contributed by atoms with Crippen molar-refractivity contribution in [3.05, 3.63) is 23.8 Å². The minimum Gasteiger partial charge on any atom is -0.378 e. The van der Waals surface area contributed by atoms with Crippen LogP contribution in [0.4, 0.5) is 18.3 Å². The Morgan fingerprint density at radius 2 is 2.13 bits per heavy atom. The Morgan fingerprint density at radius 3 is 2.87 bits per heavy atom. The Labute approximate surface area is 134 Å². The SMILES string of the molecule is FC(F)(F)c1ccc2sc(N3CCOC4(CCOC4)C3)nc2c1. The highest BCUT2D eigenvalue weighted by atomic mass is 32.1. The zero-order valence-electron chi connectivity index (χ0n) is 12.2. The van der Waals surface area contributed by atoms with Gasteiger partial charge in [-0.05, 0) is 18.2 Å². The Morgan fingerprint density at radius 1 is 1.26 bits per heavy atom. The summed E-state index contributed by atoms with van der Waals surface area (Å²) in [5.41, 5.74) is -0.569. The molecule has 8 heteroatoms. The van der Waals surface area contributed by atoms with E-state index in [0.29, 0.717) is 38.4 Å². The van der Waals surface area contributed by atoms with E-state index in [0.717, 1.165) is 28.4 Å². The first kappa shape index (κ1) is 15.2. The summed E-state index contributed by atoms with van der Waals surface area (Å²) in [5.74, 6) is 0. The molecule has 0 bridgehead atoms. The summed E-state index contributed by atoms with van der Waals surface area (Å²) < 4.78 is 50.5. The average molecular weight is 344 g/mol.